The van der Waals surface area contributed by atoms with Crippen LogP contribution in [0.25, 0.3) is 22.3 Å². The molecule has 7 heteroatoms. The minimum absolute atomic E-state index is 0.0185. The molecule has 6 nitrogen and oxygen atoms in total. The van der Waals surface area contributed by atoms with Crippen LogP contribution >= 0.6 is 0 Å². The number of aromatic nitrogens is 3. The molecule has 0 amide bonds. The summed E-state index contributed by atoms with van der Waals surface area (Å²) in [4.78, 5) is 11.6. The van der Waals surface area contributed by atoms with E-state index in [1.165, 1.54) is 18.5 Å². The highest BCUT2D eigenvalue weighted by Crippen LogP contribution is 2.35. The first kappa shape index (κ1) is 16.3. The van der Waals surface area contributed by atoms with Crippen molar-refractivity contribution in [2.24, 2.45) is 0 Å². The summed E-state index contributed by atoms with van der Waals surface area (Å²) in [7, 11) is -3.81. The molecule has 0 aliphatic carbocycles. The fraction of sp³-hybridized carbons (Fsp3) is 0.0526. The summed E-state index contributed by atoms with van der Waals surface area (Å²) in [5.41, 5.74) is 9.39. The first-order valence-electron chi connectivity index (χ1n) is 7.98. The smallest absolute Gasteiger partial charge is 0.212 e. The topological polar surface area (TPSA) is 102 Å². The Bertz CT molecular complexity index is 1220. The van der Waals surface area contributed by atoms with Gasteiger partial charge in [0.25, 0.3) is 0 Å². The van der Waals surface area contributed by atoms with E-state index in [-0.39, 0.29) is 21.1 Å². The number of rotatable bonds is 3. The third kappa shape index (κ3) is 2.53. The Hall–Kier alpha value is -3.19. The van der Waals surface area contributed by atoms with Crippen LogP contribution in [0.4, 0.5) is 5.82 Å². The predicted molar refractivity (Wildman–Crippen MR) is 100 cm³/mol. The molecule has 26 heavy (non-hydrogen) atoms. The molecule has 130 valence electrons. The van der Waals surface area contributed by atoms with Crippen LogP contribution in [0.5, 0.6) is 0 Å². The Morgan fingerprint density at radius 1 is 1.00 bits per heavy atom. The molecule has 0 saturated carbocycles. The highest BCUT2D eigenvalue weighted by molar-refractivity contribution is 7.92. The number of nitrogens with zero attached hydrogens (tertiary/aromatic N) is 2. The minimum Gasteiger partial charge on any atom is -0.384 e. The maximum absolute atomic E-state index is 13.1. The van der Waals surface area contributed by atoms with Crippen molar-refractivity contribution in [3.63, 3.8) is 0 Å². The van der Waals surface area contributed by atoms with Gasteiger partial charge in [-0.05, 0) is 25.1 Å². The maximum atomic E-state index is 13.1. The molecule has 4 rings (SSSR count). The van der Waals surface area contributed by atoms with E-state index in [9.17, 15) is 8.42 Å². The first-order chi connectivity index (χ1) is 12.5. The van der Waals surface area contributed by atoms with Crippen LogP contribution in [-0.4, -0.2) is 23.4 Å². The van der Waals surface area contributed by atoms with Crippen LogP contribution in [-0.2, 0) is 9.84 Å². The van der Waals surface area contributed by atoms with Crippen LogP contribution in [0.15, 0.2) is 70.7 Å². The fourth-order valence-corrected chi connectivity index (χ4v) is 4.50. The number of benzene rings is 2. The van der Waals surface area contributed by atoms with E-state index in [0.717, 1.165) is 11.1 Å². The standard InChI is InChI=1S/C19H16N4O2S/c1-12-6-5-7-13(10-12)15-16-17(22-11-21-15)18(19(20)23-16)26(24,25)14-8-3-2-4-9-14/h2-11,23H,20H2,1H3. The summed E-state index contributed by atoms with van der Waals surface area (Å²) in [6.07, 6.45) is 1.36. The lowest BCUT2D eigenvalue weighted by atomic mass is 10.1. The molecule has 0 atom stereocenters. The molecule has 0 fully saturated rings. The zero-order chi connectivity index (χ0) is 18.3. The number of aryl methyl sites for hydroxylation is 1. The lowest BCUT2D eigenvalue weighted by molar-refractivity contribution is 0.597. The van der Waals surface area contributed by atoms with Crippen molar-refractivity contribution >= 4 is 26.7 Å². The number of hydrogen-bond donors (Lipinski definition) is 2. The molecule has 0 radical (unpaired) electrons. The number of anilines is 1. The van der Waals surface area contributed by atoms with Crippen LogP contribution in [0.1, 0.15) is 5.56 Å². The van der Waals surface area contributed by atoms with Crippen LogP contribution < -0.4 is 5.73 Å². The van der Waals surface area contributed by atoms with Gasteiger partial charge in [0.15, 0.2) is 0 Å². The molecular weight excluding hydrogens is 348 g/mol. The summed E-state index contributed by atoms with van der Waals surface area (Å²) >= 11 is 0. The first-order valence-corrected chi connectivity index (χ1v) is 9.46. The number of nitrogens with two attached hydrogens (primary N) is 1. The van der Waals surface area contributed by atoms with Gasteiger partial charge < -0.3 is 10.7 Å². The molecule has 2 heterocycles. The lowest BCUT2D eigenvalue weighted by Gasteiger charge is -2.05. The summed E-state index contributed by atoms with van der Waals surface area (Å²) in [5, 5.41) is 0. The molecular formula is C19H16N4O2S. The molecule has 2 aromatic carbocycles. The number of aromatic amines is 1. The lowest BCUT2D eigenvalue weighted by Crippen LogP contribution is -2.04. The summed E-state index contributed by atoms with van der Waals surface area (Å²) in [6, 6.07) is 16.0. The van der Waals surface area contributed by atoms with Crippen LogP contribution in [0.3, 0.4) is 0 Å². The van der Waals surface area contributed by atoms with Gasteiger partial charge in [0, 0.05) is 5.56 Å². The van der Waals surface area contributed by atoms with Crippen molar-refractivity contribution < 1.29 is 8.42 Å². The molecule has 0 saturated heterocycles. The maximum Gasteiger partial charge on any atom is 0.212 e. The van der Waals surface area contributed by atoms with Crippen molar-refractivity contribution in [2.75, 3.05) is 5.73 Å². The average Bonchev–Trinajstić information content (AvgIpc) is 2.99. The Balaban J connectivity index is 2.00. The molecule has 0 unspecified atom stereocenters. The van der Waals surface area contributed by atoms with E-state index in [1.807, 2.05) is 31.2 Å². The molecule has 0 aliphatic heterocycles. The Morgan fingerprint density at radius 3 is 2.50 bits per heavy atom. The van der Waals surface area contributed by atoms with Crippen molar-refractivity contribution in [3.8, 4) is 11.3 Å². The van der Waals surface area contributed by atoms with Gasteiger partial charge in [-0.3, -0.25) is 0 Å². The zero-order valence-corrected chi connectivity index (χ0v) is 14.8. The van der Waals surface area contributed by atoms with Crippen molar-refractivity contribution in [1.29, 1.82) is 0 Å². The normalized spacial score (nSPS) is 11.7. The van der Waals surface area contributed by atoms with Crippen LogP contribution in [0, 0.1) is 6.92 Å². The molecule has 0 aliphatic rings. The van der Waals surface area contributed by atoms with Gasteiger partial charge in [0.1, 0.15) is 22.6 Å². The molecule has 2 aromatic heterocycles. The number of fused-ring (bicyclic) bond motifs is 1. The number of nitrogens with one attached hydrogen (secondary N) is 1. The van der Waals surface area contributed by atoms with Gasteiger partial charge in [-0.25, -0.2) is 18.4 Å². The highest BCUT2D eigenvalue weighted by Gasteiger charge is 2.27. The van der Waals surface area contributed by atoms with Crippen molar-refractivity contribution in [3.05, 3.63) is 66.5 Å². The van der Waals surface area contributed by atoms with E-state index in [1.54, 1.807) is 18.2 Å². The van der Waals surface area contributed by atoms with E-state index in [0.29, 0.717) is 11.2 Å². The average molecular weight is 364 g/mol. The molecule has 0 spiro atoms. The van der Waals surface area contributed by atoms with Gasteiger partial charge in [0.05, 0.1) is 16.1 Å². The fourth-order valence-electron chi connectivity index (χ4n) is 3.00. The number of hydrogen-bond acceptors (Lipinski definition) is 5. The van der Waals surface area contributed by atoms with E-state index in [4.69, 9.17) is 5.73 Å². The van der Waals surface area contributed by atoms with Crippen molar-refractivity contribution in [2.45, 2.75) is 16.7 Å². The zero-order valence-electron chi connectivity index (χ0n) is 14.0. The minimum atomic E-state index is -3.81. The Kier molecular flexibility index (Phi) is 3.73. The third-order valence-electron chi connectivity index (χ3n) is 4.18. The quantitative estimate of drug-likeness (QED) is 0.580. The van der Waals surface area contributed by atoms with Gasteiger partial charge >= 0.3 is 0 Å². The van der Waals surface area contributed by atoms with E-state index in [2.05, 4.69) is 15.0 Å². The van der Waals surface area contributed by atoms with Crippen LogP contribution in [0.2, 0.25) is 0 Å². The second-order valence-electron chi connectivity index (χ2n) is 6.00. The molecule has 3 N–H and O–H groups in total. The molecule has 4 aromatic rings. The highest BCUT2D eigenvalue weighted by atomic mass is 32.2. The Morgan fingerprint density at radius 2 is 1.77 bits per heavy atom. The Labute approximate surface area is 150 Å². The molecule has 0 bridgehead atoms. The summed E-state index contributed by atoms with van der Waals surface area (Å²) in [6.45, 7) is 1.98. The second kappa shape index (κ2) is 5.96. The second-order valence-corrected chi connectivity index (χ2v) is 7.89. The number of H-pyrrole nitrogens is 1. The summed E-state index contributed by atoms with van der Waals surface area (Å²) < 4.78 is 26.1. The predicted octanol–water partition coefficient (Wildman–Crippen LogP) is 3.35. The van der Waals surface area contributed by atoms with E-state index < -0.39 is 9.84 Å². The largest absolute Gasteiger partial charge is 0.384 e. The SMILES string of the molecule is Cc1cccc(-c2ncnc3c(S(=O)(=O)c4ccccc4)c(N)[nH]c23)c1. The van der Waals surface area contributed by atoms with E-state index >= 15 is 0 Å². The van der Waals surface area contributed by atoms with Gasteiger partial charge in [-0.1, -0.05) is 42.0 Å². The van der Waals surface area contributed by atoms with Gasteiger partial charge in [0.2, 0.25) is 9.84 Å². The number of sulfone groups is 1. The van der Waals surface area contributed by atoms with Gasteiger partial charge in [-0.15, -0.1) is 0 Å². The third-order valence-corrected chi connectivity index (χ3v) is 6.02. The summed E-state index contributed by atoms with van der Waals surface area (Å²) in [5.74, 6) is 0.0539. The van der Waals surface area contributed by atoms with Crippen molar-refractivity contribution in [1.82, 2.24) is 15.0 Å². The number of nitrogen functional groups attached to an aromatic ring is 1. The van der Waals surface area contributed by atoms with Gasteiger partial charge in [-0.2, -0.15) is 0 Å². The monoisotopic (exact) mass is 364 g/mol.